The number of halogens is 1. The van der Waals surface area contributed by atoms with Gasteiger partial charge in [0.05, 0.1) is 11.7 Å². The second-order valence-corrected chi connectivity index (χ2v) is 5.38. The Bertz CT molecular complexity index is 649. The summed E-state index contributed by atoms with van der Waals surface area (Å²) in [5, 5.41) is 6.64. The largest absolute Gasteiger partial charge is 0.360 e. The van der Waals surface area contributed by atoms with E-state index in [9.17, 15) is 9.18 Å². The lowest BCUT2D eigenvalue weighted by Crippen LogP contribution is -2.28. The van der Waals surface area contributed by atoms with E-state index in [1.165, 1.54) is 6.07 Å². The highest BCUT2D eigenvalue weighted by molar-refractivity contribution is 5.96. The summed E-state index contributed by atoms with van der Waals surface area (Å²) in [7, 11) is 0. The van der Waals surface area contributed by atoms with E-state index < -0.39 is 6.04 Å². The van der Waals surface area contributed by atoms with Crippen LogP contribution in [0.5, 0.6) is 0 Å². The summed E-state index contributed by atoms with van der Waals surface area (Å²) >= 11 is 0. The first-order chi connectivity index (χ1) is 9.91. The number of hydrogen-bond acceptors (Lipinski definition) is 3. The molecule has 0 saturated carbocycles. The Labute approximate surface area is 123 Å². The van der Waals surface area contributed by atoms with Crippen LogP contribution in [0.15, 0.2) is 28.8 Å². The van der Waals surface area contributed by atoms with Crippen LogP contribution in [-0.2, 0) is 0 Å². The molecule has 21 heavy (non-hydrogen) atoms. The number of hydrogen-bond donors (Lipinski definition) is 1. The summed E-state index contributed by atoms with van der Waals surface area (Å²) in [6.45, 7) is 7.32. The number of benzene rings is 1. The molecule has 0 radical (unpaired) electrons. The van der Waals surface area contributed by atoms with Crippen LogP contribution in [0.4, 0.5) is 4.39 Å². The number of aromatic nitrogens is 1. The van der Waals surface area contributed by atoms with Crippen molar-refractivity contribution in [1.82, 2.24) is 10.5 Å². The third-order valence-electron chi connectivity index (χ3n) is 3.36. The van der Waals surface area contributed by atoms with Crippen LogP contribution in [0.1, 0.15) is 60.1 Å². The first-order valence-electron chi connectivity index (χ1n) is 6.93. The average Bonchev–Trinajstić information content (AvgIpc) is 2.81. The Morgan fingerprint density at radius 1 is 1.29 bits per heavy atom. The van der Waals surface area contributed by atoms with E-state index >= 15 is 0 Å². The lowest BCUT2D eigenvalue weighted by Gasteiger charge is -2.15. The predicted octanol–water partition coefficient (Wildman–Crippen LogP) is 3.74. The summed E-state index contributed by atoms with van der Waals surface area (Å²) in [5.41, 5.74) is 1.43. The van der Waals surface area contributed by atoms with Crippen molar-refractivity contribution < 1.29 is 13.7 Å². The minimum atomic E-state index is -0.437. The second kappa shape index (κ2) is 6.08. The van der Waals surface area contributed by atoms with Gasteiger partial charge in [0, 0.05) is 11.5 Å². The minimum Gasteiger partial charge on any atom is -0.360 e. The average molecular weight is 290 g/mol. The molecule has 1 N–H and O–H groups in total. The zero-order valence-corrected chi connectivity index (χ0v) is 12.6. The van der Waals surface area contributed by atoms with E-state index in [1.807, 2.05) is 13.8 Å². The highest BCUT2D eigenvalue weighted by atomic mass is 19.1. The third kappa shape index (κ3) is 3.12. The molecule has 0 saturated heterocycles. The number of nitrogens with zero attached hydrogens (tertiary/aromatic N) is 1. The summed E-state index contributed by atoms with van der Waals surface area (Å²) in [5.74, 6) is -0.0360. The Hall–Kier alpha value is -2.17. The van der Waals surface area contributed by atoms with Crippen LogP contribution >= 0.6 is 0 Å². The van der Waals surface area contributed by atoms with Crippen molar-refractivity contribution in [2.45, 2.75) is 39.7 Å². The fourth-order valence-electron chi connectivity index (χ4n) is 2.23. The van der Waals surface area contributed by atoms with Crippen LogP contribution in [0.25, 0.3) is 0 Å². The van der Waals surface area contributed by atoms with Gasteiger partial charge >= 0.3 is 0 Å². The molecule has 5 heteroatoms. The van der Waals surface area contributed by atoms with E-state index in [-0.39, 0.29) is 17.6 Å². The van der Waals surface area contributed by atoms with Gasteiger partial charge < -0.3 is 9.84 Å². The zero-order chi connectivity index (χ0) is 15.6. The molecule has 0 aliphatic carbocycles. The van der Waals surface area contributed by atoms with E-state index in [2.05, 4.69) is 10.5 Å². The molecule has 2 rings (SSSR count). The molecule has 1 amide bonds. The molecule has 2 aromatic rings. The van der Waals surface area contributed by atoms with E-state index in [0.717, 1.165) is 0 Å². The number of amides is 1. The highest BCUT2D eigenvalue weighted by Gasteiger charge is 2.24. The van der Waals surface area contributed by atoms with Gasteiger partial charge in [0.1, 0.15) is 11.4 Å². The number of aryl methyl sites for hydroxylation is 1. The molecular weight excluding hydrogens is 271 g/mol. The lowest BCUT2D eigenvalue weighted by atomic mass is 10.0. The van der Waals surface area contributed by atoms with E-state index in [1.54, 1.807) is 32.0 Å². The molecule has 1 heterocycles. The van der Waals surface area contributed by atoms with Gasteiger partial charge in [-0.1, -0.05) is 37.2 Å². The molecule has 1 aromatic carbocycles. The van der Waals surface area contributed by atoms with Crippen LogP contribution < -0.4 is 5.32 Å². The van der Waals surface area contributed by atoms with Crippen molar-refractivity contribution in [1.29, 1.82) is 0 Å². The fourth-order valence-corrected chi connectivity index (χ4v) is 2.23. The maximum absolute atomic E-state index is 13.7. The van der Waals surface area contributed by atoms with Gasteiger partial charge in [0.2, 0.25) is 0 Å². The molecule has 112 valence electrons. The maximum atomic E-state index is 13.7. The predicted molar refractivity (Wildman–Crippen MR) is 77.6 cm³/mol. The molecule has 0 bridgehead atoms. The van der Waals surface area contributed by atoms with Crippen molar-refractivity contribution in [2.24, 2.45) is 0 Å². The third-order valence-corrected chi connectivity index (χ3v) is 3.36. The molecule has 0 fully saturated rings. The van der Waals surface area contributed by atoms with Crippen LogP contribution in [-0.4, -0.2) is 11.1 Å². The van der Waals surface area contributed by atoms with Crippen molar-refractivity contribution in [2.75, 3.05) is 0 Å². The SMILES string of the molecule is Cc1noc(C(C)C)c1C(=O)N[C@@H](C)c1ccccc1F. The summed E-state index contributed by atoms with van der Waals surface area (Å²) in [6.07, 6.45) is 0. The molecule has 0 aliphatic rings. The molecule has 0 spiro atoms. The zero-order valence-electron chi connectivity index (χ0n) is 12.6. The van der Waals surface area contributed by atoms with Crippen LogP contribution in [0.3, 0.4) is 0 Å². The Morgan fingerprint density at radius 2 is 1.95 bits per heavy atom. The number of rotatable bonds is 4. The van der Waals surface area contributed by atoms with Crippen LogP contribution in [0.2, 0.25) is 0 Å². The van der Waals surface area contributed by atoms with Gasteiger partial charge in [-0.25, -0.2) is 4.39 Å². The van der Waals surface area contributed by atoms with E-state index in [0.29, 0.717) is 22.6 Å². The highest BCUT2D eigenvalue weighted by Crippen LogP contribution is 2.23. The van der Waals surface area contributed by atoms with Gasteiger partial charge in [0.15, 0.2) is 5.76 Å². The summed E-state index contributed by atoms with van der Waals surface area (Å²) < 4.78 is 18.9. The van der Waals surface area contributed by atoms with Crippen molar-refractivity contribution in [3.8, 4) is 0 Å². The van der Waals surface area contributed by atoms with Gasteiger partial charge in [0.25, 0.3) is 5.91 Å². The fraction of sp³-hybridized carbons (Fsp3) is 0.375. The van der Waals surface area contributed by atoms with E-state index in [4.69, 9.17) is 4.52 Å². The topological polar surface area (TPSA) is 55.1 Å². The van der Waals surface area contributed by atoms with Gasteiger partial charge in [-0.3, -0.25) is 4.79 Å². The van der Waals surface area contributed by atoms with Crippen molar-refractivity contribution >= 4 is 5.91 Å². The number of carbonyl (C=O) groups is 1. The smallest absolute Gasteiger partial charge is 0.257 e. The Kier molecular flexibility index (Phi) is 4.40. The first kappa shape index (κ1) is 15.2. The Morgan fingerprint density at radius 3 is 2.57 bits per heavy atom. The minimum absolute atomic E-state index is 0.0516. The van der Waals surface area contributed by atoms with Crippen LogP contribution in [0, 0.1) is 12.7 Å². The summed E-state index contributed by atoms with van der Waals surface area (Å²) in [6, 6.07) is 5.96. The molecular formula is C16H19FN2O2. The molecule has 0 aliphatic heterocycles. The monoisotopic (exact) mass is 290 g/mol. The van der Waals surface area contributed by atoms with Gasteiger partial charge in [-0.2, -0.15) is 0 Å². The summed E-state index contributed by atoms with van der Waals surface area (Å²) in [4.78, 5) is 12.4. The molecule has 1 aromatic heterocycles. The number of carbonyl (C=O) groups excluding carboxylic acids is 1. The van der Waals surface area contributed by atoms with Crippen molar-refractivity contribution in [3.63, 3.8) is 0 Å². The Balaban J connectivity index is 2.23. The number of nitrogens with one attached hydrogen (secondary N) is 1. The standard InChI is InChI=1S/C16H19FN2O2/c1-9(2)15-14(11(4)19-21-15)16(20)18-10(3)12-7-5-6-8-13(12)17/h5-10H,1-4H3,(H,18,20)/t10-/m0/s1. The maximum Gasteiger partial charge on any atom is 0.257 e. The lowest BCUT2D eigenvalue weighted by molar-refractivity contribution is 0.0936. The van der Waals surface area contributed by atoms with Crippen molar-refractivity contribution in [3.05, 3.63) is 52.7 Å². The first-order valence-corrected chi connectivity index (χ1v) is 6.93. The molecule has 1 atom stereocenters. The van der Waals surface area contributed by atoms with Gasteiger partial charge in [-0.05, 0) is 19.9 Å². The normalized spacial score (nSPS) is 12.5. The van der Waals surface area contributed by atoms with Gasteiger partial charge in [-0.15, -0.1) is 0 Å². The second-order valence-electron chi connectivity index (χ2n) is 5.38. The molecule has 0 unspecified atom stereocenters. The molecule has 4 nitrogen and oxygen atoms in total. The quantitative estimate of drug-likeness (QED) is 0.933.